The van der Waals surface area contributed by atoms with Crippen LogP contribution >= 0.6 is 0 Å². The van der Waals surface area contributed by atoms with Crippen molar-refractivity contribution in [2.24, 2.45) is 0 Å². The van der Waals surface area contributed by atoms with E-state index in [9.17, 15) is 14.3 Å². The predicted octanol–water partition coefficient (Wildman–Crippen LogP) is 2.44. The molecule has 4 N–H and O–H groups in total. The van der Waals surface area contributed by atoms with E-state index in [1.54, 1.807) is 29.0 Å². The first-order valence-corrected chi connectivity index (χ1v) is 10.5. The molecular weight excluding hydrogens is 439 g/mol. The van der Waals surface area contributed by atoms with E-state index in [4.69, 9.17) is 5.26 Å². The highest BCUT2D eigenvalue weighted by molar-refractivity contribution is 6.00. The molecule has 4 heterocycles. The number of aromatic amines is 1. The number of carbonyl (C=O) groups excluding carboxylic acids is 1. The first-order chi connectivity index (χ1) is 16.3. The van der Waals surface area contributed by atoms with E-state index < -0.39 is 17.7 Å². The Bertz CT molecular complexity index is 1350. The first-order valence-electron chi connectivity index (χ1n) is 10.5. The average Bonchev–Trinajstić information content (AvgIpc) is 3.49. The number of H-pyrrole nitrogens is 1. The van der Waals surface area contributed by atoms with Crippen LogP contribution in [0.15, 0.2) is 49.1 Å². The van der Waals surface area contributed by atoms with Crippen LogP contribution in [0.1, 0.15) is 35.3 Å². The van der Waals surface area contributed by atoms with E-state index in [2.05, 4.69) is 37.0 Å². The number of aromatic nitrogens is 5. The number of nitrogens with zero attached hydrogens (tertiary/aromatic N) is 5. The molecular formula is C23H23FN8O2. The van der Waals surface area contributed by atoms with Gasteiger partial charge >= 0.3 is 0 Å². The number of rotatable bonds is 8. The summed E-state index contributed by atoms with van der Waals surface area (Å²) in [6.07, 6.45) is 4.61. The fourth-order valence-electron chi connectivity index (χ4n) is 3.28. The number of halogens is 1. The molecule has 174 valence electrons. The fraction of sp³-hybridized carbons (Fsp3) is 0.261. The molecule has 0 aliphatic carbocycles. The number of nitriles is 1. The lowest BCUT2D eigenvalue weighted by Gasteiger charge is -2.22. The number of nitrogens with one attached hydrogen (secondary N) is 3. The SMILES string of the molecule is CC(C)(O)[C@H](F)CNC(=O)c1cnc(-c2ccc3cc(C#N)cnn23)cc1NCc1cn[nH]c1. The monoisotopic (exact) mass is 462 g/mol. The smallest absolute Gasteiger partial charge is 0.255 e. The lowest BCUT2D eigenvalue weighted by Crippen LogP contribution is -2.42. The molecule has 4 aromatic rings. The Labute approximate surface area is 194 Å². The van der Waals surface area contributed by atoms with E-state index in [0.29, 0.717) is 29.2 Å². The van der Waals surface area contributed by atoms with E-state index in [0.717, 1.165) is 11.1 Å². The maximum atomic E-state index is 14.1. The van der Waals surface area contributed by atoms with E-state index in [1.165, 1.54) is 26.2 Å². The molecule has 34 heavy (non-hydrogen) atoms. The van der Waals surface area contributed by atoms with Crippen molar-refractivity contribution >= 4 is 17.1 Å². The molecule has 0 spiro atoms. The number of hydrogen-bond donors (Lipinski definition) is 4. The van der Waals surface area contributed by atoms with Gasteiger partial charge in [-0.3, -0.25) is 14.9 Å². The normalized spacial score (nSPS) is 12.3. The molecule has 1 atom stereocenters. The molecule has 4 rings (SSSR count). The number of fused-ring (bicyclic) bond motifs is 1. The summed E-state index contributed by atoms with van der Waals surface area (Å²) in [6, 6.07) is 9.13. The second-order valence-electron chi connectivity index (χ2n) is 8.32. The minimum Gasteiger partial charge on any atom is -0.387 e. The molecule has 0 radical (unpaired) electrons. The molecule has 11 heteroatoms. The highest BCUT2D eigenvalue weighted by Crippen LogP contribution is 2.26. The first kappa shape index (κ1) is 22.9. The van der Waals surface area contributed by atoms with Crippen molar-refractivity contribution in [1.29, 1.82) is 5.26 Å². The van der Waals surface area contributed by atoms with Crippen LogP contribution in [0.4, 0.5) is 10.1 Å². The molecule has 0 saturated carbocycles. The van der Waals surface area contributed by atoms with Crippen LogP contribution in [0.25, 0.3) is 16.9 Å². The second-order valence-corrected chi connectivity index (χ2v) is 8.32. The van der Waals surface area contributed by atoms with Crippen LogP contribution in [0, 0.1) is 11.3 Å². The molecule has 1 amide bonds. The van der Waals surface area contributed by atoms with Crippen LogP contribution in [0.5, 0.6) is 0 Å². The number of aliphatic hydroxyl groups is 1. The largest absolute Gasteiger partial charge is 0.387 e. The van der Waals surface area contributed by atoms with Gasteiger partial charge in [0, 0.05) is 24.5 Å². The van der Waals surface area contributed by atoms with E-state index >= 15 is 0 Å². The molecule has 0 aromatic carbocycles. The van der Waals surface area contributed by atoms with Gasteiger partial charge < -0.3 is 15.7 Å². The Morgan fingerprint density at radius 1 is 1.32 bits per heavy atom. The molecule has 0 aliphatic heterocycles. The van der Waals surface area contributed by atoms with Gasteiger partial charge in [0.05, 0.1) is 58.3 Å². The number of amides is 1. The Morgan fingerprint density at radius 2 is 2.15 bits per heavy atom. The average molecular weight is 462 g/mol. The minimum atomic E-state index is -1.64. The molecule has 0 saturated heterocycles. The van der Waals surface area contributed by atoms with Gasteiger partial charge in [0.15, 0.2) is 0 Å². The van der Waals surface area contributed by atoms with Crippen LogP contribution in [0.3, 0.4) is 0 Å². The molecule has 0 fully saturated rings. The summed E-state index contributed by atoms with van der Waals surface area (Å²) in [7, 11) is 0. The number of carbonyl (C=O) groups is 1. The zero-order valence-electron chi connectivity index (χ0n) is 18.6. The third-order valence-electron chi connectivity index (χ3n) is 5.29. The zero-order valence-corrected chi connectivity index (χ0v) is 18.6. The molecule has 4 aromatic heterocycles. The standard InChI is InChI=1S/C23H23FN8O2/c1-23(2,34)21(24)13-28-22(33)17-12-27-19(6-18(17)26-8-15-9-29-30-10-15)20-4-3-16-5-14(7-25)11-31-32(16)20/h3-6,9-12,21,34H,8,13H2,1-2H3,(H,26,27)(H,28,33)(H,29,30)/t21-/m1/s1. The summed E-state index contributed by atoms with van der Waals surface area (Å²) in [6.45, 7) is 2.72. The van der Waals surface area contributed by atoms with Gasteiger partial charge in [0.1, 0.15) is 12.2 Å². The van der Waals surface area contributed by atoms with Crippen molar-refractivity contribution in [3.63, 3.8) is 0 Å². The number of hydrogen-bond acceptors (Lipinski definition) is 7. The van der Waals surface area contributed by atoms with Gasteiger partial charge in [-0.25, -0.2) is 8.91 Å². The Hall–Kier alpha value is -4.30. The van der Waals surface area contributed by atoms with Crippen molar-refractivity contribution in [1.82, 2.24) is 30.1 Å². The van der Waals surface area contributed by atoms with E-state index in [-0.39, 0.29) is 12.1 Å². The van der Waals surface area contributed by atoms with Gasteiger partial charge in [-0.1, -0.05) is 0 Å². The van der Waals surface area contributed by atoms with Crippen LogP contribution in [-0.4, -0.2) is 54.1 Å². The fourth-order valence-corrected chi connectivity index (χ4v) is 3.28. The topological polar surface area (TPSA) is 144 Å². The van der Waals surface area contributed by atoms with Crippen LogP contribution in [-0.2, 0) is 6.54 Å². The zero-order chi connectivity index (χ0) is 24.3. The van der Waals surface area contributed by atoms with Crippen LogP contribution < -0.4 is 10.6 Å². The summed E-state index contributed by atoms with van der Waals surface area (Å²) in [5.41, 5.74) is 2.37. The lowest BCUT2D eigenvalue weighted by atomic mass is 10.0. The summed E-state index contributed by atoms with van der Waals surface area (Å²) in [5, 5.41) is 35.6. The van der Waals surface area contributed by atoms with Crippen molar-refractivity contribution in [3.05, 3.63) is 65.7 Å². The van der Waals surface area contributed by atoms with Crippen molar-refractivity contribution in [3.8, 4) is 17.5 Å². The predicted molar refractivity (Wildman–Crippen MR) is 123 cm³/mol. The molecule has 0 aliphatic rings. The maximum absolute atomic E-state index is 14.1. The van der Waals surface area contributed by atoms with Gasteiger partial charge in [0.25, 0.3) is 5.91 Å². The summed E-state index contributed by atoms with van der Waals surface area (Å²) >= 11 is 0. The Balaban J connectivity index is 1.65. The third-order valence-corrected chi connectivity index (χ3v) is 5.29. The van der Waals surface area contributed by atoms with Gasteiger partial charge in [0.2, 0.25) is 0 Å². The van der Waals surface area contributed by atoms with Crippen molar-refractivity contribution in [2.45, 2.75) is 32.2 Å². The van der Waals surface area contributed by atoms with E-state index in [1.807, 2.05) is 12.1 Å². The lowest BCUT2D eigenvalue weighted by molar-refractivity contribution is -0.00177. The number of pyridine rings is 1. The summed E-state index contributed by atoms with van der Waals surface area (Å²) in [5.74, 6) is -0.530. The maximum Gasteiger partial charge on any atom is 0.255 e. The van der Waals surface area contributed by atoms with Crippen LogP contribution in [0.2, 0.25) is 0 Å². The Morgan fingerprint density at radius 3 is 2.85 bits per heavy atom. The second kappa shape index (κ2) is 9.29. The van der Waals surface area contributed by atoms with Gasteiger partial charge in [-0.05, 0) is 38.1 Å². The molecule has 0 bridgehead atoms. The van der Waals surface area contributed by atoms with Crippen molar-refractivity contribution < 1.29 is 14.3 Å². The highest BCUT2D eigenvalue weighted by atomic mass is 19.1. The number of anilines is 1. The highest BCUT2D eigenvalue weighted by Gasteiger charge is 2.27. The minimum absolute atomic E-state index is 0.218. The molecule has 0 unspecified atom stereocenters. The summed E-state index contributed by atoms with van der Waals surface area (Å²) < 4.78 is 15.8. The molecule has 10 nitrogen and oxygen atoms in total. The summed E-state index contributed by atoms with van der Waals surface area (Å²) in [4.78, 5) is 17.3. The van der Waals surface area contributed by atoms with Gasteiger partial charge in [-0.2, -0.15) is 15.5 Å². The Kier molecular flexibility index (Phi) is 6.25. The van der Waals surface area contributed by atoms with Gasteiger partial charge in [-0.15, -0.1) is 0 Å². The van der Waals surface area contributed by atoms with Crippen molar-refractivity contribution in [2.75, 3.05) is 11.9 Å². The third kappa shape index (κ3) is 4.87. The quantitative estimate of drug-likeness (QED) is 0.315. The number of alkyl halides is 1.